The molecule has 2 fully saturated rings. The van der Waals surface area contributed by atoms with Crippen molar-refractivity contribution in [2.24, 2.45) is 0 Å². The van der Waals surface area contributed by atoms with Gasteiger partial charge >= 0.3 is 6.03 Å². The molecule has 2 aromatic rings. The monoisotopic (exact) mass is 730 g/mol. The molecule has 0 bridgehead atoms. The minimum atomic E-state index is -0.167. The number of carbonyl (C=O) groups is 3. The molecule has 1 aromatic carbocycles. The van der Waals surface area contributed by atoms with Crippen LogP contribution in [0.2, 0.25) is 0 Å². The molecule has 0 spiro atoms. The average molecular weight is 732 g/mol. The summed E-state index contributed by atoms with van der Waals surface area (Å²) in [6.45, 7) is 4.46. The highest BCUT2D eigenvalue weighted by molar-refractivity contribution is 9.10. The van der Waals surface area contributed by atoms with Gasteiger partial charge in [-0.05, 0) is 77.5 Å². The molecule has 2 saturated heterocycles. The zero-order chi connectivity index (χ0) is 33.3. The van der Waals surface area contributed by atoms with Gasteiger partial charge in [-0.3, -0.25) is 9.59 Å². The predicted octanol–water partition coefficient (Wildman–Crippen LogP) is 6.00. The summed E-state index contributed by atoms with van der Waals surface area (Å²) in [5.41, 5.74) is 1.73. The molecule has 10 nitrogen and oxygen atoms in total. The van der Waals surface area contributed by atoms with Gasteiger partial charge in [0, 0.05) is 36.5 Å². The maximum atomic E-state index is 12.6. The summed E-state index contributed by atoms with van der Waals surface area (Å²) >= 11 is 5.26. The summed E-state index contributed by atoms with van der Waals surface area (Å²) in [4.78, 5) is 40.6. The van der Waals surface area contributed by atoms with Gasteiger partial charge in [-0.1, -0.05) is 38.0 Å². The van der Waals surface area contributed by atoms with Gasteiger partial charge in [-0.15, -0.1) is 0 Å². The van der Waals surface area contributed by atoms with E-state index in [9.17, 15) is 14.4 Å². The highest BCUT2D eigenvalue weighted by Crippen LogP contribution is 2.33. The molecular formula is C35H47BrN4O6S. The van der Waals surface area contributed by atoms with E-state index < -0.39 is 0 Å². The van der Waals surface area contributed by atoms with Crippen LogP contribution in [0.1, 0.15) is 75.6 Å². The molecule has 4 atom stereocenters. The SMILES string of the molecule is CCCC(NC(=O)/C=C/c1cccc(Br)n1)c1ccc(OCCOCCOCCCC(=O)CCCC[C@@H]2SC[C@@H]3NC(=O)N[C@@H]32)cc1. The summed E-state index contributed by atoms with van der Waals surface area (Å²) in [7, 11) is 0. The highest BCUT2D eigenvalue weighted by Gasteiger charge is 2.42. The zero-order valence-electron chi connectivity index (χ0n) is 27.1. The molecule has 3 N–H and O–H groups in total. The van der Waals surface area contributed by atoms with Crippen molar-refractivity contribution < 1.29 is 28.6 Å². The number of ketones is 1. The smallest absolute Gasteiger partial charge is 0.315 e. The number of nitrogens with one attached hydrogen (secondary N) is 3. The topological polar surface area (TPSA) is 128 Å². The normalized spacial score (nSPS) is 19.3. The van der Waals surface area contributed by atoms with Crippen molar-refractivity contribution in [2.75, 3.05) is 38.8 Å². The third-order valence-corrected chi connectivity index (χ3v) is 10.0. The van der Waals surface area contributed by atoms with E-state index in [1.54, 1.807) is 6.08 Å². The fourth-order valence-corrected chi connectivity index (χ4v) is 7.55. The minimum Gasteiger partial charge on any atom is -0.491 e. The van der Waals surface area contributed by atoms with Crippen molar-refractivity contribution in [1.29, 1.82) is 0 Å². The van der Waals surface area contributed by atoms with E-state index in [1.165, 1.54) is 6.08 Å². The summed E-state index contributed by atoms with van der Waals surface area (Å²) < 4.78 is 17.8. The van der Waals surface area contributed by atoms with Crippen LogP contribution in [-0.4, -0.2) is 78.8 Å². The van der Waals surface area contributed by atoms with E-state index in [1.807, 2.05) is 54.2 Å². The first-order chi connectivity index (χ1) is 22.9. The fraction of sp³-hybridized carbons (Fsp3) is 0.543. The number of ether oxygens (including phenoxy) is 3. The molecule has 4 rings (SSSR count). The average Bonchev–Trinajstić information content (AvgIpc) is 3.62. The number of thioether (sulfide) groups is 1. The number of hydrogen-bond acceptors (Lipinski definition) is 8. The second-order valence-electron chi connectivity index (χ2n) is 11.7. The number of aromatic nitrogens is 1. The molecular weight excluding hydrogens is 684 g/mol. The summed E-state index contributed by atoms with van der Waals surface area (Å²) in [5, 5.41) is 9.52. The Kier molecular flexibility index (Phi) is 16.0. The molecule has 12 heteroatoms. The Balaban J connectivity index is 0.987. The van der Waals surface area contributed by atoms with Crippen LogP contribution >= 0.6 is 27.7 Å². The number of amides is 3. The van der Waals surface area contributed by atoms with Crippen LogP contribution in [0.25, 0.3) is 6.08 Å². The molecule has 3 heterocycles. The predicted molar refractivity (Wildman–Crippen MR) is 189 cm³/mol. The summed E-state index contributed by atoms with van der Waals surface area (Å²) in [6, 6.07) is 13.7. The first-order valence-electron chi connectivity index (χ1n) is 16.6. The minimum absolute atomic E-state index is 0.0523. The number of urea groups is 1. The maximum absolute atomic E-state index is 12.6. The standard InChI is InChI=1S/C35H47BrN4O6S/c1-2-7-29(38-33(42)18-15-26-8-5-12-32(36)37-26)25-13-16-28(17-14-25)46-23-22-45-21-20-44-19-6-10-27(41)9-3-4-11-31-34-30(24-47-31)39-35(43)40-34/h5,8,12-18,29-31,34H,2-4,6-7,9-11,19-24H2,1H3,(H,38,42)(H2,39,40,43)/b18-15+/t29?,30-,31-,34-/m0/s1. The number of Topliss-reactive ketones (excluding diaryl/α,β-unsaturated/α-hetero) is 1. The molecule has 1 unspecified atom stereocenters. The number of hydrogen-bond donors (Lipinski definition) is 3. The van der Waals surface area contributed by atoms with Crippen LogP contribution in [-0.2, 0) is 19.1 Å². The van der Waals surface area contributed by atoms with Gasteiger partial charge in [-0.2, -0.15) is 11.8 Å². The first-order valence-corrected chi connectivity index (χ1v) is 18.4. The second-order valence-corrected chi connectivity index (χ2v) is 13.8. The lowest BCUT2D eigenvalue weighted by molar-refractivity contribution is -0.119. The maximum Gasteiger partial charge on any atom is 0.315 e. The Labute approximate surface area is 290 Å². The van der Waals surface area contributed by atoms with Crippen molar-refractivity contribution in [2.45, 2.75) is 81.7 Å². The van der Waals surface area contributed by atoms with Gasteiger partial charge in [0.05, 0.1) is 43.6 Å². The number of pyridine rings is 1. The van der Waals surface area contributed by atoms with E-state index in [4.69, 9.17) is 14.2 Å². The third kappa shape index (κ3) is 13.2. The number of benzene rings is 1. The van der Waals surface area contributed by atoms with E-state index >= 15 is 0 Å². The molecule has 2 aliphatic heterocycles. The lowest BCUT2D eigenvalue weighted by atomic mass is 10.0. The van der Waals surface area contributed by atoms with Crippen LogP contribution in [0.5, 0.6) is 5.75 Å². The van der Waals surface area contributed by atoms with E-state index in [-0.39, 0.29) is 35.8 Å². The zero-order valence-corrected chi connectivity index (χ0v) is 29.5. The Morgan fingerprint density at radius 3 is 2.57 bits per heavy atom. The fourth-order valence-electron chi connectivity index (χ4n) is 5.65. The van der Waals surface area contributed by atoms with Crippen LogP contribution in [0.3, 0.4) is 0 Å². The Hall–Kier alpha value is -2.93. The molecule has 0 saturated carbocycles. The lowest BCUT2D eigenvalue weighted by Crippen LogP contribution is -2.36. The van der Waals surface area contributed by atoms with Gasteiger partial charge in [0.1, 0.15) is 22.7 Å². The molecule has 3 amide bonds. The van der Waals surface area contributed by atoms with Crippen molar-refractivity contribution in [3.05, 3.63) is 64.4 Å². The summed E-state index contributed by atoms with van der Waals surface area (Å²) in [6.07, 6.45) is 9.79. The van der Waals surface area contributed by atoms with Crippen LogP contribution in [0.4, 0.5) is 4.79 Å². The van der Waals surface area contributed by atoms with Gasteiger partial charge in [-0.25, -0.2) is 9.78 Å². The number of halogens is 1. The summed E-state index contributed by atoms with van der Waals surface area (Å²) in [5.74, 6) is 1.83. The molecule has 0 aliphatic carbocycles. The van der Waals surface area contributed by atoms with E-state index in [0.717, 1.165) is 60.2 Å². The van der Waals surface area contributed by atoms with E-state index in [2.05, 4.69) is 43.8 Å². The molecule has 1 aromatic heterocycles. The molecule has 256 valence electrons. The largest absolute Gasteiger partial charge is 0.491 e. The molecule has 47 heavy (non-hydrogen) atoms. The van der Waals surface area contributed by atoms with Gasteiger partial charge in [0.15, 0.2) is 0 Å². The Morgan fingerprint density at radius 1 is 1.02 bits per heavy atom. The first kappa shape index (κ1) is 36.9. The Bertz CT molecular complexity index is 1310. The number of carbonyl (C=O) groups excluding carboxylic acids is 3. The van der Waals surface area contributed by atoms with Crippen molar-refractivity contribution in [3.63, 3.8) is 0 Å². The quantitative estimate of drug-likeness (QED) is 0.0583. The van der Waals surface area contributed by atoms with E-state index in [0.29, 0.717) is 56.8 Å². The van der Waals surface area contributed by atoms with Crippen molar-refractivity contribution in [3.8, 4) is 5.75 Å². The second kappa shape index (κ2) is 20.4. The van der Waals surface area contributed by atoms with Gasteiger partial charge in [0.25, 0.3) is 0 Å². The van der Waals surface area contributed by atoms with Gasteiger partial charge < -0.3 is 30.2 Å². The number of fused-ring (bicyclic) bond motifs is 1. The van der Waals surface area contributed by atoms with Gasteiger partial charge in [0.2, 0.25) is 5.91 Å². The number of unbranched alkanes of at least 4 members (excludes halogenated alkanes) is 1. The highest BCUT2D eigenvalue weighted by atomic mass is 79.9. The van der Waals surface area contributed by atoms with Crippen LogP contribution in [0, 0.1) is 0 Å². The van der Waals surface area contributed by atoms with Crippen molar-refractivity contribution in [1.82, 2.24) is 20.9 Å². The molecule has 0 radical (unpaired) electrons. The van der Waals surface area contributed by atoms with Crippen LogP contribution < -0.4 is 20.7 Å². The van der Waals surface area contributed by atoms with Crippen molar-refractivity contribution >= 4 is 51.5 Å². The number of rotatable bonds is 22. The molecule has 2 aliphatic rings. The lowest BCUT2D eigenvalue weighted by Gasteiger charge is -2.18. The van der Waals surface area contributed by atoms with Crippen LogP contribution in [0.15, 0.2) is 53.1 Å². The Morgan fingerprint density at radius 2 is 1.79 bits per heavy atom. The third-order valence-electron chi connectivity index (χ3n) is 8.06. The number of nitrogens with zero attached hydrogens (tertiary/aromatic N) is 1.